The number of rotatable bonds is 9. The summed E-state index contributed by atoms with van der Waals surface area (Å²) >= 11 is 0. The largest absolute Gasteiger partial charge is 0.375 e. The highest BCUT2D eigenvalue weighted by Crippen LogP contribution is 2.30. The fourth-order valence-corrected chi connectivity index (χ4v) is 4.08. The van der Waals surface area contributed by atoms with Crippen LogP contribution in [0.2, 0.25) is 0 Å². The number of carbonyl (C=O) groups is 1. The molecular formula is C22H30N8O2. The number of piperidine rings is 1. The number of anilines is 2. The van der Waals surface area contributed by atoms with E-state index in [1.165, 1.54) is 7.11 Å². The molecule has 0 unspecified atom stereocenters. The van der Waals surface area contributed by atoms with Crippen LogP contribution in [0.3, 0.4) is 0 Å². The Labute approximate surface area is 187 Å². The summed E-state index contributed by atoms with van der Waals surface area (Å²) in [7, 11) is 3.49. The van der Waals surface area contributed by atoms with Gasteiger partial charge in [0.15, 0.2) is 11.6 Å². The van der Waals surface area contributed by atoms with Crippen LogP contribution in [0.25, 0.3) is 10.8 Å². The lowest BCUT2D eigenvalue weighted by molar-refractivity contribution is -0.125. The van der Waals surface area contributed by atoms with E-state index >= 15 is 0 Å². The quantitative estimate of drug-likeness (QED) is 0.484. The van der Waals surface area contributed by atoms with Crippen molar-refractivity contribution in [3.8, 4) is 0 Å². The molecule has 0 atom stereocenters. The van der Waals surface area contributed by atoms with E-state index in [9.17, 15) is 4.79 Å². The number of hydrogen-bond acceptors (Lipinski definition) is 8. The number of aryl methyl sites for hydroxylation is 2. The van der Waals surface area contributed by atoms with Crippen molar-refractivity contribution < 1.29 is 9.53 Å². The molecule has 1 aromatic carbocycles. The SMILES string of the molecule is COCC(=O)NC1CCN(c2nnc(NCCCc3nncn3C)c3ccccc23)CC1. The first-order valence-corrected chi connectivity index (χ1v) is 11.0. The van der Waals surface area contributed by atoms with Crippen molar-refractivity contribution in [3.63, 3.8) is 0 Å². The molecule has 0 aliphatic carbocycles. The van der Waals surface area contributed by atoms with Crippen LogP contribution in [0, 0.1) is 0 Å². The standard InChI is InChI=1S/C22H30N8O2/c1-29-15-24-26-19(29)8-5-11-23-21-17-6-3-4-7-18(17)22(28-27-21)30-12-9-16(10-13-30)25-20(31)14-32-2/h3-4,6-7,15-16H,5,8-14H2,1-2H3,(H,23,27)(H,25,31). The summed E-state index contributed by atoms with van der Waals surface area (Å²) in [6, 6.07) is 8.40. The second kappa shape index (κ2) is 10.4. The molecule has 2 aromatic heterocycles. The number of nitrogens with one attached hydrogen (secondary N) is 2. The van der Waals surface area contributed by atoms with E-state index in [-0.39, 0.29) is 18.6 Å². The van der Waals surface area contributed by atoms with Gasteiger partial charge in [-0.3, -0.25) is 4.79 Å². The average Bonchev–Trinajstić information content (AvgIpc) is 3.22. The zero-order valence-corrected chi connectivity index (χ0v) is 18.6. The van der Waals surface area contributed by atoms with Gasteiger partial charge in [-0.1, -0.05) is 24.3 Å². The van der Waals surface area contributed by atoms with Crippen LogP contribution in [0.1, 0.15) is 25.1 Å². The predicted molar refractivity (Wildman–Crippen MR) is 123 cm³/mol. The number of methoxy groups -OCH3 is 1. The number of amides is 1. The first-order valence-electron chi connectivity index (χ1n) is 11.0. The van der Waals surface area contributed by atoms with Crippen molar-refractivity contribution in [2.75, 3.05) is 43.6 Å². The number of aromatic nitrogens is 5. The summed E-state index contributed by atoms with van der Waals surface area (Å²) in [5.74, 6) is 2.60. The van der Waals surface area contributed by atoms with Gasteiger partial charge in [-0.25, -0.2) is 0 Å². The second-order valence-electron chi connectivity index (χ2n) is 8.07. The van der Waals surface area contributed by atoms with E-state index in [0.29, 0.717) is 0 Å². The molecule has 0 radical (unpaired) electrons. The van der Waals surface area contributed by atoms with Gasteiger partial charge in [-0.2, -0.15) is 0 Å². The molecule has 2 N–H and O–H groups in total. The molecule has 10 nitrogen and oxygen atoms in total. The minimum atomic E-state index is -0.0641. The molecule has 4 rings (SSSR count). The number of hydrogen-bond donors (Lipinski definition) is 2. The molecule has 10 heteroatoms. The van der Waals surface area contributed by atoms with E-state index in [0.717, 1.165) is 73.6 Å². The molecule has 170 valence electrons. The lowest BCUT2D eigenvalue weighted by atomic mass is 10.0. The molecule has 0 saturated carbocycles. The van der Waals surface area contributed by atoms with Crippen molar-refractivity contribution in [1.82, 2.24) is 30.3 Å². The zero-order chi connectivity index (χ0) is 22.3. The summed E-state index contributed by atoms with van der Waals surface area (Å²) < 4.78 is 6.84. The molecule has 1 saturated heterocycles. The monoisotopic (exact) mass is 438 g/mol. The Morgan fingerprint density at radius 2 is 1.94 bits per heavy atom. The first kappa shape index (κ1) is 21.9. The minimum absolute atomic E-state index is 0.0641. The van der Waals surface area contributed by atoms with Crippen molar-refractivity contribution in [3.05, 3.63) is 36.4 Å². The van der Waals surface area contributed by atoms with Crippen LogP contribution in [-0.2, 0) is 23.0 Å². The predicted octanol–water partition coefficient (Wildman–Crippen LogP) is 1.53. The fourth-order valence-electron chi connectivity index (χ4n) is 4.08. The topological polar surface area (TPSA) is 110 Å². The summed E-state index contributed by atoms with van der Waals surface area (Å²) in [5.41, 5.74) is 0. The maximum Gasteiger partial charge on any atom is 0.246 e. The molecule has 0 spiro atoms. The highest BCUT2D eigenvalue weighted by molar-refractivity contribution is 5.98. The molecule has 32 heavy (non-hydrogen) atoms. The lowest BCUT2D eigenvalue weighted by Crippen LogP contribution is -2.45. The zero-order valence-electron chi connectivity index (χ0n) is 18.6. The van der Waals surface area contributed by atoms with Crippen LogP contribution in [0.5, 0.6) is 0 Å². The van der Waals surface area contributed by atoms with Crippen LogP contribution >= 0.6 is 0 Å². The van der Waals surface area contributed by atoms with E-state index in [2.05, 4.69) is 48.1 Å². The first-order chi connectivity index (χ1) is 15.7. The van der Waals surface area contributed by atoms with E-state index < -0.39 is 0 Å². The Hall–Kier alpha value is -3.27. The highest BCUT2D eigenvalue weighted by Gasteiger charge is 2.23. The van der Waals surface area contributed by atoms with Gasteiger partial charge in [0.2, 0.25) is 5.91 Å². The highest BCUT2D eigenvalue weighted by atomic mass is 16.5. The van der Waals surface area contributed by atoms with Gasteiger partial charge in [0.25, 0.3) is 0 Å². The molecule has 1 aliphatic heterocycles. The number of fused-ring (bicyclic) bond motifs is 1. The average molecular weight is 439 g/mol. The van der Waals surface area contributed by atoms with Gasteiger partial charge in [0.1, 0.15) is 18.8 Å². The van der Waals surface area contributed by atoms with Crippen molar-refractivity contribution in [2.24, 2.45) is 7.05 Å². The number of nitrogens with zero attached hydrogens (tertiary/aromatic N) is 6. The molecule has 3 aromatic rings. The van der Waals surface area contributed by atoms with Crippen LogP contribution < -0.4 is 15.5 Å². The summed E-state index contributed by atoms with van der Waals surface area (Å²) in [4.78, 5) is 14.0. The summed E-state index contributed by atoms with van der Waals surface area (Å²) in [6.45, 7) is 2.52. The van der Waals surface area contributed by atoms with E-state index in [4.69, 9.17) is 4.74 Å². The Morgan fingerprint density at radius 3 is 2.66 bits per heavy atom. The van der Waals surface area contributed by atoms with Gasteiger partial charge < -0.3 is 24.8 Å². The smallest absolute Gasteiger partial charge is 0.246 e. The molecule has 1 fully saturated rings. The third kappa shape index (κ3) is 5.13. The number of carbonyl (C=O) groups excluding carboxylic acids is 1. The number of benzene rings is 1. The molecule has 0 bridgehead atoms. The Morgan fingerprint density at radius 1 is 1.16 bits per heavy atom. The van der Waals surface area contributed by atoms with E-state index in [1.54, 1.807) is 6.33 Å². The molecule has 1 amide bonds. The van der Waals surface area contributed by atoms with Gasteiger partial charge in [-0.05, 0) is 19.3 Å². The lowest BCUT2D eigenvalue weighted by Gasteiger charge is -2.33. The maximum atomic E-state index is 11.8. The normalized spacial score (nSPS) is 14.6. The van der Waals surface area contributed by atoms with E-state index in [1.807, 2.05) is 23.7 Å². The third-order valence-corrected chi connectivity index (χ3v) is 5.78. The van der Waals surface area contributed by atoms with Crippen molar-refractivity contribution in [1.29, 1.82) is 0 Å². The molecular weight excluding hydrogens is 408 g/mol. The summed E-state index contributed by atoms with van der Waals surface area (Å²) in [6.07, 6.45) is 5.23. The van der Waals surface area contributed by atoms with Gasteiger partial charge in [0, 0.05) is 57.0 Å². The summed E-state index contributed by atoms with van der Waals surface area (Å²) in [5, 5.41) is 25.7. The molecule has 3 heterocycles. The maximum absolute atomic E-state index is 11.8. The Kier molecular flexibility index (Phi) is 7.10. The van der Waals surface area contributed by atoms with Gasteiger partial charge >= 0.3 is 0 Å². The van der Waals surface area contributed by atoms with Crippen LogP contribution in [-0.4, -0.2) is 70.3 Å². The van der Waals surface area contributed by atoms with Crippen molar-refractivity contribution >= 4 is 28.3 Å². The van der Waals surface area contributed by atoms with Gasteiger partial charge in [-0.15, -0.1) is 20.4 Å². The van der Waals surface area contributed by atoms with Gasteiger partial charge in [0.05, 0.1) is 0 Å². The molecule has 1 aliphatic rings. The second-order valence-corrected chi connectivity index (χ2v) is 8.07. The van der Waals surface area contributed by atoms with Crippen molar-refractivity contribution in [2.45, 2.75) is 31.7 Å². The Balaban J connectivity index is 1.39. The Bertz CT molecular complexity index is 1050. The third-order valence-electron chi connectivity index (χ3n) is 5.78. The fraction of sp³-hybridized carbons (Fsp3) is 0.500. The van der Waals surface area contributed by atoms with Crippen LogP contribution in [0.4, 0.5) is 11.6 Å². The minimum Gasteiger partial charge on any atom is -0.375 e. The number of ether oxygens (including phenoxy) is 1. The van der Waals surface area contributed by atoms with Crippen LogP contribution in [0.15, 0.2) is 30.6 Å².